The highest BCUT2D eigenvalue weighted by Crippen LogP contribution is 2.44. The Morgan fingerprint density at radius 1 is 1.33 bits per heavy atom. The summed E-state index contributed by atoms with van der Waals surface area (Å²) in [5, 5.41) is 6.75. The Kier molecular flexibility index (Phi) is 4.36. The normalized spacial score (nSPS) is 27.7. The lowest BCUT2D eigenvalue weighted by Gasteiger charge is -2.42. The van der Waals surface area contributed by atoms with E-state index in [0.717, 1.165) is 48.7 Å². The summed E-state index contributed by atoms with van der Waals surface area (Å²) in [7, 11) is 0. The second kappa shape index (κ2) is 6.09. The number of amides is 1. The van der Waals surface area contributed by atoms with Crippen LogP contribution in [-0.4, -0.2) is 24.5 Å². The van der Waals surface area contributed by atoms with Crippen LogP contribution in [0.5, 0.6) is 0 Å². The quantitative estimate of drug-likeness (QED) is 0.879. The van der Waals surface area contributed by atoms with Crippen LogP contribution in [0.1, 0.15) is 44.6 Å². The van der Waals surface area contributed by atoms with E-state index in [1.54, 1.807) is 0 Å². The van der Waals surface area contributed by atoms with E-state index < -0.39 is 0 Å². The predicted molar refractivity (Wildman–Crippen MR) is 88.3 cm³/mol. The molecule has 1 aromatic carbocycles. The molecule has 4 heteroatoms. The van der Waals surface area contributed by atoms with Crippen molar-refractivity contribution in [2.75, 3.05) is 6.54 Å². The number of hydrogen-bond acceptors (Lipinski definition) is 2. The molecule has 3 nitrogen and oxygen atoms in total. The molecule has 1 aliphatic carbocycles. The molecule has 0 radical (unpaired) electrons. The van der Waals surface area contributed by atoms with Gasteiger partial charge in [-0.3, -0.25) is 4.79 Å². The maximum absolute atomic E-state index is 12.9. The van der Waals surface area contributed by atoms with E-state index in [1.807, 2.05) is 12.1 Å². The zero-order chi connectivity index (χ0) is 14.9. The largest absolute Gasteiger partial charge is 0.352 e. The van der Waals surface area contributed by atoms with Crippen LogP contribution in [0.3, 0.4) is 0 Å². The summed E-state index contributed by atoms with van der Waals surface area (Å²) < 4.78 is 1.06. The van der Waals surface area contributed by atoms with Gasteiger partial charge in [-0.15, -0.1) is 0 Å². The van der Waals surface area contributed by atoms with Gasteiger partial charge >= 0.3 is 0 Å². The van der Waals surface area contributed by atoms with Gasteiger partial charge in [0, 0.05) is 16.6 Å². The SMILES string of the molecule is CC1CC(NC(=O)C2(c3ccc(Br)cc3)CCC2)CCN1. The molecule has 2 N–H and O–H groups in total. The molecule has 1 saturated heterocycles. The molecule has 1 amide bonds. The Bertz CT molecular complexity index is 510. The Labute approximate surface area is 135 Å². The highest BCUT2D eigenvalue weighted by molar-refractivity contribution is 9.10. The van der Waals surface area contributed by atoms with Gasteiger partial charge in [-0.1, -0.05) is 34.5 Å². The Hall–Kier alpha value is -0.870. The number of halogens is 1. The first-order valence-electron chi connectivity index (χ1n) is 7.90. The van der Waals surface area contributed by atoms with Gasteiger partial charge in [0.2, 0.25) is 5.91 Å². The maximum Gasteiger partial charge on any atom is 0.230 e. The van der Waals surface area contributed by atoms with Gasteiger partial charge in [-0.05, 0) is 56.8 Å². The van der Waals surface area contributed by atoms with Crippen LogP contribution < -0.4 is 10.6 Å². The fourth-order valence-corrected chi connectivity index (χ4v) is 3.80. The third kappa shape index (κ3) is 3.02. The van der Waals surface area contributed by atoms with Crippen molar-refractivity contribution in [3.63, 3.8) is 0 Å². The fraction of sp³-hybridized carbons (Fsp3) is 0.588. The monoisotopic (exact) mass is 350 g/mol. The van der Waals surface area contributed by atoms with Crippen molar-refractivity contribution < 1.29 is 4.79 Å². The first kappa shape index (κ1) is 15.0. The molecule has 0 bridgehead atoms. The summed E-state index contributed by atoms with van der Waals surface area (Å²) in [5.41, 5.74) is 0.880. The average molecular weight is 351 g/mol. The van der Waals surface area contributed by atoms with E-state index in [-0.39, 0.29) is 11.3 Å². The summed E-state index contributed by atoms with van der Waals surface area (Å²) >= 11 is 3.47. The van der Waals surface area contributed by atoms with Crippen LogP contribution in [0, 0.1) is 0 Å². The lowest BCUT2D eigenvalue weighted by Crippen LogP contribution is -2.54. The first-order chi connectivity index (χ1) is 10.1. The number of carbonyl (C=O) groups is 1. The van der Waals surface area contributed by atoms with Crippen molar-refractivity contribution >= 4 is 21.8 Å². The molecular formula is C17H23BrN2O. The Balaban J connectivity index is 1.73. The van der Waals surface area contributed by atoms with E-state index in [1.165, 1.54) is 0 Å². The minimum Gasteiger partial charge on any atom is -0.352 e. The molecule has 1 heterocycles. The molecule has 2 unspecified atom stereocenters. The average Bonchev–Trinajstić information content (AvgIpc) is 2.39. The van der Waals surface area contributed by atoms with Crippen molar-refractivity contribution in [2.24, 2.45) is 0 Å². The van der Waals surface area contributed by atoms with E-state index in [4.69, 9.17) is 0 Å². The van der Waals surface area contributed by atoms with Crippen molar-refractivity contribution in [3.05, 3.63) is 34.3 Å². The zero-order valence-electron chi connectivity index (χ0n) is 12.5. The predicted octanol–water partition coefficient (Wildman–Crippen LogP) is 3.13. The molecular weight excluding hydrogens is 328 g/mol. The number of nitrogens with one attached hydrogen (secondary N) is 2. The molecule has 21 heavy (non-hydrogen) atoms. The zero-order valence-corrected chi connectivity index (χ0v) is 14.1. The number of carbonyl (C=O) groups excluding carboxylic acids is 1. The van der Waals surface area contributed by atoms with Crippen LogP contribution in [-0.2, 0) is 10.2 Å². The molecule has 1 aromatic rings. The molecule has 114 valence electrons. The summed E-state index contributed by atoms with van der Waals surface area (Å²) in [4.78, 5) is 12.9. The van der Waals surface area contributed by atoms with Gasteiger partial charge in [-0.25, -0.2) is 0 Å². The van der Waals surface area contributed by atoms with Gasteiger partial charge in [0.05, 0.1) is 5.41 Å². The summed E-state index contributed by atoms with van der Waals surface area (Å²) in [6.45, 7) is 3.18. The van der Waals surface area contributed by atoms with Crippen LogP contribution >= 0.6 is 15.9 Å². The number of benzene rings is 1. The van der Waals surface area contributed by atoms with Crippen LogP contribution in [0.15, 0.2) is 28.7 Å². The van der Waals surface area contributed by atoms with E-state index >= 15 is 0 Å². The Morgan fingerprint density at radius 2 is 2.05 bits per heavy atom. The minimum atomic E-state index is -0.283. The second-order valence-electron chi connectivity index (χ2n) is 6.49. The van der Waals surface area contributed by atoms with Gasteiger partial charge in [-0.2, -0.15) is 0 Å². The minimum absolute atomic E-state index is 0.232. The van der Waals surface area contributed by atoms with Gasteiger partial charge < -0.3 is 10.6 Å². The molecule has 2 fully saturated rings. The van der Waals surface area contributed by atoms with Gasteiger partial charge in [0.25, 0.3) is 0 Å². The highest BCUT2D eigenvalue weighted by atomic mass is 79.9. The van der Waals surface area contributed by atoms with Crippen molar-refractivity contribution in [2.45, 2.75) is 56.5 Å². The molecule has 0 spiro atoms. The van der Waals surface area contributed by atoms with E-state index in [0.29, 0.717) is 12.1 Å². The number of piperidine rings is 1. The lowest BCUT2D eigenvalue weighted by molar-refractivity contribution is -0.130. The third-order valence-corrected chi connectivity index (χ3v) is 5.53. The second-order valence-corrected chi connectivity index (χ2v) is 7.41. The fourth-order valence-electron chi connectivity index (χ4n) is 3.53. The van der Waals surface area contributed by atoms with Crippen LogP contribution in [0.4, 0.5) is 0 Å². The first-order valence-corrected chi connectivity index (χ1v) is 8.70. The molecule has 2 aliphatic rings. The number of rotatable bonds is 3. The maximum atomic E-state index is 12.9. The molecule has 1 saturated carbocycles. The lowest BCUT2D eigenvalue weighted by atomic mass is 9.63. The van der Waals surface area contributed by atoms with E-state index in [9.17, 15) is 4.79 Å². The Morgan fingerprint density at radius 3 is 2.62 bits per heavy atom. The molecule has 3 rings (SSSR count). The molecule has 0 aromatic heterocycles. The van der Waals surface area contributed by atoms with Gasteiger partial charge in [0.1, 0.15) is 0 Å². The highest BCUT2D eigenvalue weighted by Gasteiger charge is 2.46. The molecule has 2 atom stereocenters. The smallest absolute Gasteiger partial charge is 0.230 e. The van der Waals surface area contributed by atoms with Gasteiger partial charge in [0.15, 0.2) is 0 Å². The topological polar surface area (TPSA) is 41.1 Å². The van der Waals surface area contributed by atoms with Crippen molar-refractivity contribution in [1.29, 1.82) is 0 Å². The third-order valence-electron chi connectivity index (χ3n) is 5.00. The van der Waals surface area contributed by atoms with Crippen molar-refractivity contribution in [1.82, 2.24) is 10.6 Å². The van der Waals surface area contributed by atoms with Crippen LogP contribution in [0.25, 0.3) is 0 Å². The van der Waals surface area contributed by atoms with Crippen molar-refractivity contribution in [3.8, 4) is 0 Å². The molecule has 1 aliphatic heterocycles. The van der Waals surface area contributed by atoms with E-state index in [2.05, 4.69) is 45.6 Å². The summed E-state index contributed by atoms with van der Waals surface area (Å²) in [6.07, 6.45) is 5.16. The standard InChI is InChI=1S/C17H23BrN2O/c1-12-11-15(7-10-19-12)20-16(21)17(8-2-9-17)13-3-5-14(18)6-4-13/h3-6,12,15,19H,2,7-11H2,1H3,(H,20,21). The van der Waals surface area contributed by atoms with Crippen LogP contribution in [0.2, 0.25) is 0 Å². The summed E-state index contributed by atoms with van der Waals surface area (Å²) in [5.74, 6) is 0.232. The summed E-state index contributed by atoms with van der Waals surface area (Å²) in [6, 6.07) is 9.07. The number of hydrogen-bond donors (Lipinski definition) is 2.